The largest absolute Gasteiger partial charge is 0.341 e. The van der Waals surface area contributed by atoms with Crippen LogP contribution in [0.25, 0.3) is 15.9 Å². The fourth-order valence-corrected chi connectivity index (χ4v) is 7.09. The van der Waals surface area contributed by atoms with Crippen LogP contribution in [0.4, 0.5) is 0 Å². The minimum Gasteiger partial charge on any atom is -0.341 e. The van der Waals surface area contributed by atoms with E-state index in [1.165, 1.54) is 20.8 Å². The molecule has 5 rings (SSSR count). The number of hydrogen-bond donors (Lipinski definition) is 0. The van der Waals surface area contributed by atoms with E-state index in [0.717, 1.165) is 62.7 Å². The maximum absolute atomic E-state index is 13.8. The Balaban J connectivity index is 1.67. The predicted molar refractivity (Wildman–Crippen MR) is 137 cm³/mol. The molecule has 6 nitrogen and oxygen atoms in total. The number of aryl methyl sites for hydroxylation is 3. The molecule has 1 amide bonds. The van der Waals surface area contributed by atoms with Crippen molar-refractivity contribution in [1.82, 2.24) is 14.0 Å². The first kappa shape index (κ1) is 23.1. The first-order valence-electron chi connectivity index (χ1n) is 12.5. The molecule has 0 bridgehead atoms. The highest BCUT2D eigenvalue weighted by Crippen LogP contribution is 2.34. The summed E-state index contributed by atoms with van der Waals surface area (Å²) in [5.74, 6) is 0.855. The minimum absolute atomic E-state index is 0.0263. The Hall–Kier alpha value is -2.67. The third-order valence-electron chi connectivity index (χ3n) is 7.35. The van der Waals surface area contributed by atoms with E-state index in [1.807, 2.05) is 29.2 Å². The molecule has 2 atom stereocenters. The van der Waals surface area contributed by atoms with E-state index in [0.29, 0.717) is 27.7 Å². The van der Waals surface area contributed by atoms with Crippen LogP contribution in [0.3, 0.4) is 0 Å². The van der Waals surface area contributed by atoms with Gasteiger partial charge in [-0.1, -0.05) is 32.9 Å². The third kappa shape index (κ3) is 4.04. The molecule has 7 heteroatoms. The lowest BCUT2D eigenvalue weighted by Gasteiger charge is -2.35. The zero-order chi connectivity index (χ0) is 24.0. The number of carbonyl (C=O) groups is 1. The van der Waals surface area contributed by atoms with Gasteiger partial charge in [-0.15, -0.1) is 11.3 Å². The lowest BCUT2D eigenvalue weighted by atomic mass is 9.92. The van der Waals surface area contributed by atoms with E-state index in [-0.39, 0.29) is 18.0 Å². The molecule has 180 valence electrons. The van der Waals surface area contributed by atoms with Gasteiger partial charge in [0.25, 0.3) is 5.56 Å². The Morgan fingerprint density at radius 2 is 1.71 bits per heavy atom. The van der Waals surface area contributed by atoms with Gasteiger partial charge in [0.1, 0.15) is 11.4 Å². The average Bonchev–Trinajstić information content (AvgIpc) is 3.21. The van der Waals surface area contributed by atoms with Gasteiger partial charge in [-0.2, -0.15) is 0 Å². The second kappa shape index (κ2) is 9.17. The molecule has 0 radical (unpaired) electrons. The lowest BCUT2D eigenvalue weighted by Crippen LogP contribution is -2.46. The van der Waals surface area contributed by atoms with Crippen LogP contribution in [0.2, 0.25) is 0 Å². The number of piperidine rings is 1. The number of likely N-dealkylation sites (tertiary alicyclic amines) is 1. The van der Waals surface area contributed by atoms with Crippen molar-refractivity contribution in [2.24, 2.45) is 11.8 Å². The molecule has 1 aromatic carbocycles. The van der Waals surface area contributed by atoms with E-state index in [9.17, 15) is 14.4 Å². The fourth-order valence-electron chi connectivity index (χ4n) is 5.72. The number of thiophene rings is 1. The van der Waals surface area contributed by atoms with Crippen molar-refractivity contribution in [2.75, 3.05) is 13.1 Å². The summed E-state index contributed by atoms with van der Waals surface area (Å²) in [6.07, 6.45) is 5.93. The molecule has 0 spiro atoms. The number of aromatic nitrogens is 2. The Morgan fingerprint density at radius 3 is 2.38 bits per heavy atom. The fraction of sp³-hybridized carbons (Fsp3) is 0.519. The van der Waals surface area contributed by atoms with Gasteiger partial charge in [0.2, 0.25) is 5.91 Å². The molecule has 0 saturated carbocycles. The van der Waals surface area contributed by atoms with Crippen LogP contribution in [-0.2, 0) is 30.6 Å². The first-order chi connectivity index (χ1) is 16.4. The van der Waals surface area contributed by atoms with Crippen molar-refractivity contribution in [3.63, 3.8) is 0 Å². The summed E-state index contributed by atoms with van der Waals surface area (Å²) in [6.45, 7) is 7.84. The van der Waals surface area contributed by atoms with E-state index >= 15 is 0 Å². The molecule has 34 heavy (non-hydrogen) atoms. The van der Waals surface area contributed by atoms with Crippen LogP contribution in [-0.4, -0.2) is 33.0 Å². The first-order valence-corrected chi connectivity index (χ1v) is 13.4. The SMILES string of the molecule is CCc1ccc(-n2c(=O)c3c4c(sc3n(CC(=O)N3CC(C)CC(C)C3)c2=O)CCCC4)cc1. The highest BCUT2D eigenvalue weighted by Gasteiger charge is 2.28. The number of fused-ring (bicyclic) bond motifs is 3. The van der Waals surface area contributed by atoms with Crippen LogP contribution < -0.4 is 11.2 Å². The molecular formula is C27H33N3O3S. The molecule has 1 saturated heterocycles. The monoisotopic (exact) mass is 479 g/mol. The van der Waals surface area contributed by atoms with Gasteiger partial charge in [0.05, 0.1) is 11.1 Å². The van der Waals surface area contributed by atoms with Crippen molar-refractivity contribution in [3.8, 4) is 5.69 Å². The van der Waals surface area contributed by atoms with Crippen molar-refractivity contribution in [2.45, 2.75) is 65.8 Å². The van der Waals surface area contributed by atoms with Gasteiger partial charge < -0.3 is 4.90 Å². The van der Waals surface area contributed by atoms with Crippen LogP contribution in [0.15, 0.2) is 33.9 Å². The van der Waals surface area contributed by atoms with Crippen LogP contribution >= 0.6 is 11.3 Å². The molecule has 1 fully saturated rings. The summed E-state index contributed by atoms with van der Waals surface area (Å²) in [5, 5.41) is 0.632. The van der Waals surface area contributed by atoms with E-state index in [1.54, 1.807) is 4.57 Å². The molecule has 0 N–H and O–H groups in total. The number of benzene rings is 1. The summed E-state index contributed by atoms with van der Waals surface area (Å²) >= 11 is 1.53. The van der Waals surface area contributed by atoms with Gasteiger partial charge in [-0.05, 0) is 73.6 Å². The van der Waals surface area contributed by atoms with Gasteiger partial charge in [0.15, 0.2) is 0 Å². The van der Waals surface area contributed by atoms with Crippen molar-refractivity contribution in [3.05, 3.63) is 61.1 Å². The predicted octanol–water partition coefficient (Wildman–Crippen LogP) is 4.16. The zero-order valence-electron chi connectivity index (χ0n) is 20.3. The highest BCUT2D eigenvalue weighted by molar-refractivity contribution is 7.18. The van der Waals surface area contributed by atoms with Crippen molar-refractivity contribution in [1.29, 1.82) is 0 Å². The maximum atomic E-state index is 13.8. The second-order valence-corrected chi connectivity index (χ2v) is 11.2. The maximum Gasteiger partial charge on any atom is 0.337 e. The summed E-state index contributed by atoms with van der Waals surface area (Å²) in [5.41, 5.74) is 2.11. The van der Waals surface area contributed by atoms with Crippen LogP contribution in [0.5, 0.6) is 0 Å². The van der Waals surface area contributed by atoms with Crippen LogP contribution in [0, 0.1) is 11.8 Å². The lowest BCUT2D eigenvalue weighted by molar-refractivity contribution is -0.134. The van der Waals surface area contributed by atoms with Crippen LogP contribution in [0.1, 0.15) is 56.0 Å². The molecule has 3 heterocycles. The smallest absolute Gasteiger partial charge is 0.337 e. The Morgan fingerprint density at radius 1 is 1.03 bits per heavy atom. The Labute approximate surface area is 203 Å². The quantitative estimate of drug-likeness (QED) is 0.564. The molecule has 3 aromatic rings. The molecule has 1 aliphatic carbocycles. The topological polar surface area (TPSA) is 64.3 Å². The summed E-state index contributed by atoms with van der Waals surface area (Å²) in [4.78, 5) is 44.7. The Kier molecular flexibility index (Phi) is 6.23. The summed E-state index contributed by atoms with van der Waals surface area (Å²) in [6, 6.07) is 7.60. The molecular weight excluding hydrogens is 446 g/mol. The van der Waals surface area contributed by atoms with E-state index in [4.69, 9.17) is 0 Å². The van der Waals surface area contributed by atoms with Gasteiger partial charge in [-0.25, -0.2) is 9.36 Å². The number of hydrogen-bond acceptors (Lipinski definition) is 4. The minimum atomic E-state index is -0.424. The van der Waals surface area contributed by atoms with Gasteiger partial charge in [-0.3, -0.25) is 14.2 Å². The molecule has 2 aliphatic rings. The van der Waals surface area contributed by atoms with Gasteiger partial charge >= 0.3 is 5.69 Å². The van der Waals surface area contributed by atoms with Crippen molar-refractivity contribution >= 4 is 27.5 Å². The Bertz CT molecular complexity index is 1340. The molecule has 2 unspecified atom stereocenters. The molecule has 1 aliphatic heterocycles. The number of nitrogens with zero attached hydrogens (tertiary/aromatic N) is 3. The van der Waals surface area contributed by atoms with Crippen molar-refractivity contribution < 1.29 is 4.79 Å². The third-order valence-corrected chi connectivity index (χ3v) is 8.67. The molecule has 2 aromatic heterocycles. The number of carbonyl (C=O) groups excluding carboxylic acids is 1. The number of amides is 1. The van der Waals surface area contributed by atoms with E-state index in [2.05, 4.69) is 20.8 Å². The normalized spacial score (nSPS) is 20.5. The zero-order valence-corrected chi connectivity index (χ0v) is 21.1. The van der Waals surface area contributed by atoms with E-state index < -0.39 is 5.69 Å². The number of rotatable bonds is 4. The second-order valence-electron chi connectivity index (χ2n) is 10.2. The summed E-state index contributed by atoms with van der Waals surface area (Å²) in [7, 11) is 0. The highest BCUT2D eigenvalue weighted by atomic mass is 32.1. The average molecular weight is 480 g/mol. The van der Waals surface area contributed by atoms with Gasteiger partial charge in [0, 0.05) is 18.0 Å². The summed E-state index contributed by atoms with van der Waals surface area (Å²) < 4.78 is 2.85. The standard InChI is InChI=1S/C27H33N3O3S/c1-4-19-9-11-20(12-10-19)30-25(32)24-21-7-5-6-8-22(21)34-26(24)29(27(30)33)16-23(31)28-14-17(2)13-18(3)15-28/h9-12,17-18H,4-8,13-16H2,1-3H3.